The number of aliphatic hydroxyl groups is 1. The molecule has 2 unspecified atom stereocenters. The van der Waals surface area contributed by atoms with Gasteiger partial charge in [0.15, 0.2) is 0 Å². The van der Waals surface area contributed by atoms with E-state index in [0.717, 1.165) is 24.8 Å². The maximum atomic E-state index is 10.4. The number of rotatable bonds is 8. The minimum atomic E-state index is -0.419. The molecule has 102 valence electrons. The summed E-state index contributed by atoms with van der Waals surface area (Å²) >= 11 is 0. The van der Waals surface area contributed by atoms with Crippen LogP contribution in [0.1, 0.15) is 51.7 Å². The van der Waals surface area contributed by atoms with Gasteiger partial charge < -0.3 is 9.84 Å². The Morgan fingerprint density at radius 1 is 1.06 bits per heavy atom. The molecule has 0 aliphatic rings. The lowest BCUT2D eigenvalue weighted by Crippen LogP contribution is -2.24. The Bertz CT molecular complexity index is 306. The number of hydrogen-bond acceptors (Lipinski definition) is 2. The zero-order valence-corrected chi connectivity index (χ0v) is 11.8. The van der Waals surface area contributed by atoms with Gasteiger partial charge in [0, 0.05) is 6.61 Å². The Morgan fingerprint density at radius 3 is 2.17 bits per heavy atom. The van der Waals surface area contributed by atoms with Crippen LogP contribution >= 0.6 is 0 Å². The van der Waals surface area contributed by atoms with Crippen LogP contribution < -0.4 is 0 Å². The van der Waals surface area contributed by atoms with Crippen molar-refractivity contribution in [1.29, 1.82) is 0 Å². The lowest BCUT2D eigenvalue weighted by atomic mass is 9.91. The van der Waals surface area contributed by atoms with Gasteiger partial charge in [0.25, 0.3) is 0 Å². The first-order valence-corrected chi connectivity index (χ1v) is 7.07. The van der Waals surface area contributed by atoms with E-state index in [-0.39, 0.29) is 6.10 Å². The average molecular weight is 250 g/mol. The molecule has 1 rings (SSSR count). The van der Waals surface area contributed by atoms with Gasteiger partial charge in [-0.2, -0.15) is 0 Å². The normalized spacial score (nSPS) is 14.7. The molecule has 1 N–H and O–H groups in total. The van der Waals surface area contributed by atoms with Gasteiger partial charge in [0.2, 0.25) is 0 Å². The minimum Gasteiger partial charge on any atom is -0.390 e. The zero-order valence-electron chi connectivity index (χ0n) is 11.8. The standard InChI is InChI=1S/C16H26O2/c1-4-13(5-2)12-15(17)16(18-6-3)14-10-8-7-9-11-14/h7-11,13,15-17H,4-6,12H2,1-3H3. The first-order valence-electron chi connectivity index (χ1n) is 7.07. The summed E-state index contributed by atoms with van der Waals surface area (Å²) in [4.78, 5) is 0. The molecule has 0 heterocycles. The van der Waals surface area contributed by atoms with E-state index in [1.54, 1.807) is 0 Å². The van der Waals surface area contributed by atoms with Crippen LogP contribution in [0.15, 0.2) is 30.3 Å². The molecule has 0 aliphatic carbocycles. The van der Waals surface area contributed by atoms with Crippen molar-refractivity contribution in [1.82, 2.24) is 0 Å². The predicted octanol–water partition coefficient (Wildman–Crippen LogP) is 3.95. The molecule has 0 aromatic heterocycles. The van der Waals surface area contributed by atoms with Gasteiger partial charge in [-0.25, -0.2) is 0 Å². The highest BCUT2D eigenvalue weighted by Crippen LogP contribution is 2.27. The summed E-state index contributed by atoms with van der Waals surface area (Å²) in [6.07, 6.45) is 2.42. The van der Waals surface area contributed by atoms with Crippen molar-refractivity contribution in [3.05, 3.63) is 35.9 Å². The van der Waals surface area contributed by atoms with Gasteiger partial charge in [-0.15, -0.1) is 0 Å². The molecule has 2 atom stereocenters. The Labute approximate surface area is 111 Å². The molecule has 0 bridgehead atoms. The molecule has 2 nitrogen and oxygen atoms in total. The maximum absolute atomic E-state index is 10.4. The summed E-state index contributed by atoms with van der Waals surface area (Å²) < 4.78 is 5.73. The third kappa shape index (κ3) is 4.43. The van der Waals surface area contributed by atoms with Gasteiger partial charge in [-0.05, 0) is 24.8 Å². The van der Waals surface area contributed by atoms with Gasteiger partial charge in [0.1, 0.15) is 6.10 Å². The largest absolute Gasteiger partial charge is 0.390 e. The molecular weight excluding hydrogens is 224 g/mol. The third-order valence-corrected chi connectivity index (χ3v) is 3.55. The van der Waals surface area contributed by atoms with E-state index < -0.39 is 6.10 Å². The Kier molecular flexibility index (Phi) is 6.99. The van der Waals surface area contributed by atoms with E-state index >= 15 is 0 Å². The molecule has 0 spiro atoms. The Hall–Kier alpha value is -0.860. The number of aliphatic hydroxyl groups excluding tert-OH is 1. The summed E-state index contributed by atoms with van der Waals surface area (Å²) in [5, 5.41) is 10.4. The van der Waals surface area contributed by atoms with Crippen molar-refractivity contribution in [2.75, 3.05) is 6.61 Å². The van der Waals surface area contributed by atoms with E-state index in [4.69, 9.17) is 4.74 Å². The molecule has 0 saturated heterocycles. The smallest absolute Gasteiger partial charge is 0.108 e. The topological polar surface area (TPSA) is 29.5 Å². The second-order valence-corrected chi connectivity index (χ2v) is 4.77. The summed E-state index contributed by atoms with van der Waals surface area (Å²) in [5.41, 5.74) is 1.07. The average Bonchev–Trinajstić information content (AvgIpc) is 2.42. The van der Waals surface area contributed by atoms with Crippen LogP contribution in [0.5, 0.6) is 0 Å². The summed E-state index contributed by atoms with van der Waals surface area (Å²) in [5.74, 6) is 0.576. The highest BCUT2D eigenvalue weighted by Gasteiger charge is 2.23. The summed E-state index contributed by atoms with van der Waals surface area (Å²) in [6.45, 7) is 6.96. The highest BCUT2D eigenvalue weighted by atomic mass is 16.5. The van der Waals surface area contributed by atoms with Crippen molar-refractivity contribution >= 4 is 0 Å². The van der Waals surface area contributed by atoms with Crippen molar-refractivity contribution in [2.24, 2.45) is 5.92 Å². The number of benzene rings is 1. The van der Waals surface area contributed by atoms with Crippen molar-refractivity contribution in [2.45, 2.75) is 52.2 Å². The van der Waals surface area contributed by atoms with E-state index in [1.165, 1.54) is 0 Å². The van der Waals surface area contributed by atoms with Crippen LogP contribution in [-0.4, -0.2) is 17.8 Å². The van der Waals surface area contributed by atoms with Crippen LogP contribution in [-0.2, 0) is 4.74 Å². The Morgan fingerprint density at radius 2 is 1.67 bits per heavy atom. The first-order chi connectivity index (χ1) is 8.72. The molecular formula is C16H26O2. The lowest BCUT2D eigenvalue weighted by molar-refractivity contribution is -0.0444. The van der Waals surface area contributed by atoms with Gasteiger partial charge in [-0.3, -0.25) is 0 Å². The molecule has 0 aliphatic heterocycles. The fraction of sp³-hybridized carbons (Fsp3) is 0.625. The van der Waals surface area contributed by atoms with Crippen LogP contribution in [0.25, 0.3) is 0 Å². The van der Waals surface area contributed by atoms with Crippen LogP contribution in [0.4, 0.5) is 0 Å². The lowest BCUT2D eigenvalue weighted by Gasteiger charge is -2.26. The summed E-state index contributed by atoms with van der Waals surface area (Å²) in [7, 11) is 0. The van der Waals surface area contributed by atoms with Crippen molar-refractivity contribution < 1.29 is 9.84 Å². The van der Waals surface area contributed by atoms with Crippen molar-refractivity contribution in [3.63, 3.8) is 0 Å². The second kappa shape index (κ2) is 8.28. The SMILES string of the molecule is CCOC(c1ccccc1)C(O)CC(CC)CC. The molecule has 0 saturated carbocycles. The number of hydrogen-bond donors (Lipinski definition) is 1. The van der Waals surface area contributed by atoms with E-state index in [9.17, 15) is 5.11 Å². The molecule has 0 amide bonds. The zero-order chi connectivity index (χ0) is 13.4. The molecule has 1 aromatic carbocycles. The molecule has 18 heavy (non-hydrogen) atoms. The number of ether oxygens (including phenoxy) is 1. The predicted molar refractivity (Wildman–Crippen MR) is 75.5 cm³/mol. The molecule has 0 fully saturated rings. The monoisotopic (exact) mass is 250 g/mol. The van der Waals surface area contributed by atoms with Gasteiger partial charge >= 0.3 is 0 Å². The minimum absolute atomic E-state index is 0.197. The molecule has 1 aromatic rings. The quantitative estimate of drug-likeness (QED) is 0.757. The second-order valence-electron chi connectivity index (χ2n) is 4.77. The van der Waals surface area contributed by atoms with Crippen LogP contribution in [0, 0.1) is 5.92 Å². The van der Waals surface area contributed by atoms with Gasteiger partial charge in [0.05, 0.1) is 6.10 Å². The maximum Gasteiger partial charge on any atom is 0.108 e. The van der Waals surface area contributed by atoms with Crippen molar-refractivity contribution in [3.8, 4) is 0 Å². The summed E-state index contributed by atoms with van der Waals surface area (Å²) in [6, 6.07) is 10.0. The van der Waals surface area contributed by atoms with Crippen LogP contribution in [0.2, 0.25) is 0 Å². The molecule has 2 heteroatoms. The van der Waals surface area contributed by atoms with E-state index in [1.807, 2.05) is 37.3 Å². The first kappa shape index (κ1) is 15.2. The van der Waals surface area contributed by atoms with E-state index in [2.05, 4.69) is 13.8 Å². The van der Waals surface area contributed by atoms with Gasteiger partial charge in [-0.1, -0.05) is 57.0 Å². The Balaban J connectivity index is 2.72. The van der Waals surface area contributed by atoms with Crippen LogP contribution in [0.3, 0.4) is 0 Å². The fourth-order valence-corrected chi connectivity index (χ4v) is 2.34. The molecule has 0 radical (unpaired) electrons. The fourth-order valence-electron chi connectivity index (χ4n) is 2.34. The highest BCUT2D eigenvalue weighted by molar-refractivity contribution is 5.18. The third-order valence-electron chi connectivity index (χ3n) is 3.55. The van der Waals surface area contributed by atoms with E-state index in [0.29, 0.717) is 12.5 Å².